The van der Waals surface area contributed by atoms with Gasteiger partial charge < -0.3 is 9.64 Å². The molecule has 166 valence electrons. The molecular formula is C26H25N5O2. The van der Waals surface area contributed by atoms with Gasteiger partial charge in [0.2, 0.25) is 0 Å². The van der Waals surface area contributed by atoms with Crippen LogP contribution in [0.5, 0.6) is 5.75 Å². The van der Waals surface area contributed by atoms with Crippen molar-refractivity contribution in [2.75, 3.05) is 19.0 Å². The van der Waals surface area contributed by atoms with Crippen molar-refractivity contribution in [2.45, 2.75) is 6.61 Å². The van der Waals surface area contributed by atoms with Crippen LogP contribution in [0, 0.1) is 0 Å². The number of H-pyrrole nitrogens is 1. The van der Waals surface area contributed by atoms with Crippen molar-refractivity contribution >= 4 is 17.8 Å². The summed E-state index contributed by atoms with van der Waals surface area (Å²) in [6.45, 7) is 0.481. The highest BCUT2D eigenvalue weighted by Gasteiger charge is 2.11. The predicted octanol–water partition coefficient (Wildman–Crippen LogP) is 4.49. The zero-order valence-electron chi connectivity index (χ0n) is 18.5. The second kappa shape index (κ2) is 10.3. The SMILES string of the molecule is CN(C)c1ccc(C=NNC(=O)c2cc(-c3cccc(OCc4ccccc4)c3)n[nH]2)cc1. The minimum Gasteiger partial charge on any atom is -0.489 e. The van der Waals surface area contributed by atoms with Gasteiger partial charge in [-0.2, -0.15) is 10.2 Å². The fourth-order valence-electron chi connectivity index (χ4n) is 3.16. The van der Waals surface area contributed by atoms with Gasteiger partial charge in [0.15, 0.2) is 0 Å². The first kappa shape index (κ1) is 21.8. The van der Waals surface area contributed by atoms with Crippen LogP contribution in [-0.2, 0) is 6.61 Å². The van der Waals surface area contributed by atoms with E-state index in [1.165, 1.54) is 0 Å². The van der Waals surface area contributed by atoms with Gasteiger partial charge in [-0.05, 0) is 41.5 Å². The number of ether oxygens (including phenoxy) is 1. The summed E-state index contributed by atoms with van der Waals surface area (Å²) in [7, 11) is 3.96. The van der Waals surface area contributed by atoms with Crippen LogP contribution in [0.4, 0.5) is 5.69 Å². The molecule has 1 amide bonds. The highest BCUT2D eigenvalue weighted by molar-refractivity contribution is 5.94. The molecule has 1 aromatic heterocycles. The van der Waals surface area contributed by atoms with E-state index in [9.17, 15) is 4.79 Å². The van der Waals surface area contributed by atoms with Gasteiger partial charge in [-0.1, -0.05) is 54.6 Å². The number of carbonyl (C=O) groups is 1. The number of amides is 1. The zero-order chi connectivity index (χ0) is 23.0. The van der Waals surface area contributed by atoms with Crippen LogP contribution in [0.3, 0.4) is 0 Å². The van der Waals surface area contributed by atoms with Gasteiger partial charge in [0.25, 0.3) is 5.91 Å². The number of hydrogen-bond acceptors (Lipinski definition) is 5. The van der Waals surface area contributed by atoms with Gasteiger partial charge in [0.05, 0.1) is 11.9 Å². The van der Waals surface area contributed by atoms with E-state index in [2.05, 4.69) is 20.7 Å². The Labute approximate surface area is 192 Å². The minimum absolute atomic E-state index is 0.320. The third-order valence-corrected chi connectivity index (χ3v) is 4.99. The Morgan fingerprint density at radius 1 is 1.03 bits per heavy atom. The molecule has 33 heavy (non-hydrogen) atoms. The zero-order valence-corrected chi connectivity index (χ0v) is 18.5. The van der Waals surface area contributed by atoms with Crippen molar-refractivity contribution in [3.63, 3.8) is 0 Å². The van der Waals surface area contributed by atoms with Gasteiger partial charge >= 0.3 is 0 Å². The summed E-state index contributed by atoms with van der Waals surface area (Å²) in [6.07, 6.45) is 1.60. The highest BCUT2D eigenvalue weighted by atomic mass is 16.5. The van der Waals surface area contributed by atoms with Crippen molar-refractivity contribution < 1.29 is 9.53 Å². The molecule has 0 fully saturated rings. The summed E-state index contributed by atoms with van der Waals surface area (Å²) in [5, 5.41) is 11.1. The molecule has 4 aromatic rings. The van der Waals surface area contributed by atoms with E-state index in [1.807, 2.05) is 97.9 Å². The minimum atomic E-state index is -0.369. The standard InChI is InChI=1S/C26H25N5O2/c1-31(2)22-13-11-19(12-14-22)17-27-30-26(32)25-16-24(28-29-25)21-9-6-10-23(15-21)33-18-20-7-4-3-5-8-20/h3-17H,18H2,1-2H3,(H,28,29)(H,30,32). The third kappa shape index (κ3) is 5.86. The van der Waals surface area contributed by atoms with Crippen LogP contribution in [0.15, 0.2) is 90.0 Å². The lowest BCUT2D eigenvalue weighted by molar-refractivity contribution is 0.0950. The molecule has 0 bridgehead atoms. The Bertz CT molecular complexity index is 1230. The molecule has 0 aliphatic rings. The molecule has 0 aliphatic carbocycles. The van der Waals surface area contributed by atoms with Gasteiger partial charge in [0.1, 0.15) is 18.1 Å². The Balaban J connectivity index is 1.36. The quantitative estimate of drug-likeness (QED) is 0.313. The lowest BCUT2D eigenvalue weighted by Gasteiger charge is -2.11. The van der Waals surface area contributed by atoms with E-state index in [0.29, 0.717) is 18.0 Å². The van der Waals surface area contributed by atoms with Gasteiger partial charge in [0, 0.05) is 25.3 Å². The number of rotatable bonds is 8. The normalized spacial score (nSPS) is 10.8. The number of hydrogen-bond donors (Lipinski definition) is 2. The monoisotopic (exact) mass is 439 g/mol. The molecule has 7 nitrogen and oxygen atoms in total. The summed E-state index contributed by atoms with van der Waals surface area (Å²) in [5.41, 5.74) is 7.41. The predicted molar refractivity (Wildman–Crippen MR) is 131 cm³/mol. The number of benzene rings is 3. The fraction of sp³-hybridized carbons (Fsp3) is 0.115. The topological polar surface area (TPSA) is 82.6 Å². The molecule has 0 radical (unpaired) electrons. The average molecular weight is 440 g/mol. The van der Waals surface area contributed by atoms with Crippen molar-refractivity contribution in [3.05, 3.63) is 102 Å². The molecule has 3 aromatic carbocycles. The Kier molecular flexibility index (Phi) is 6.80. The average Bonchev–Trinajstić information content (AvgIpc) is 3.34. The molecule has 0 saturated carbocycles. The first-order valence-corrected chi connectivity index (χ1v) is 10.5. The maximum absolute atomic E-state index is 12.4. The van der Waals surface area contributed by atoms with E-state index in [-0.39, 0.29) is 5.91 Å². The number of nitrogens with zero attached hydrogens (tertiary/aromatic N) is 3. The number of anilines is 1. The van der Waals surface area contributed by atoms with Crippen molar-refractivity contribution in [1.29, 1.82) is 0 Å². The molecule has 0 unspecified atom stereocenters. The number of hydrazone groups is 1. The summed E-state index contributed by atoms with van der Waals surface area (Å²) >= 11 is 0. The molecule has 7 heteroatoms. The largest absolute Gasteiger partial charge is 0.489 e. The lowest BCUT2D eigenvalue weighted by Crippen LogP contribution is -2.18. The molecule has 1 heterocycles. The number of aromatic amines is 1. The Morgan fingerprint density at radius 3 is 2.58 bits per heavy atom. The van der Waals surface area contributed by atoms with Crippen LogP contribution >= 0.6 is 0 Å². The van der Waals surface area contributed by atoms with Crippen molar-refractivity contribution in [2.24, 2.45) is 5.10 Å². The molecular weight excluding hydrogens is 414 g/mol. The Morgan fingerprint density at radius 2 is 1.82 bits per heavy atom. The Hall–Kier alpha value is -4.39. The van der Waals surface area contributed by atoms with Gasteiger partial charge in [-0.15, -0.1) is 0 Å². The van der Waals surface area contributed by atoms with E-state index >= 15 is 0 Å². The van der Waals surface area contributed by atoms with E-state index < -0.39 is 0 Å². The van der Waals surface area contributed by atoms with Crippen LogP contribution in [0.25, 0.3) is 11.3 Å². The van der Waals surface area contributed by atoms with Crippen molar-refractivity contribution in [3.8, 4) is 17.0 Å². The van der Waals surface area contributed by atoms with Crippen LogP contribution in [0.1, 0.15) is 21.6 Å². The van der Waals surface area contributed by atoms with Crippen molar-refractivity contribution in [1.82, 2.24) is 15.6 Å². The van der Waals surface area contributed by atoms with Crippen LogP contribution in [-0.4, -0.2) is 36.4 Å². The number of carbonyl (C=O) groups excluding carboxylic acids is 1. The second-order valence-corrected chi connectivity index (χ2v) is 7.65. The highest BCUT2D eigenvalue weighted by Crippen LogP contribution is 2.23. The fourth-order valence-corrected chi connectivity index (χ4v) is 3.16. The van der Waals surface area contributed by atoms with Crippen LogP contribution in [0.2, 0.25) is 0 Å². The van der Waals surface area contributed by atoms with Crippen LogP contribution < -0.4 is 15.1 Å². The summed E-state index contributed by atoms with van der Waals surface area (Å²) in [4.78, 5) is 14.4. The summed E-state index contributed by atoms with van der Waals surface area (Å²) < 4.78 is 5.88. The number of nitrogens with one attached hydrogen (secondary N) is 2. The van der Waals surface area contributed by atoms with Gasteiger partial charge in [-0.25, -0.2) is 5.43 Å². The molecule has 0 spiro atoms. The van der Waals surface area contributed by atoms with Gasteiger partial charge in [-0.3, -0.25) is 9.89 Å². The molecule has 4 rings (SSSR count). The smallest absolute Gasteiger partial charge is 0.289 e. The molecule has 0 aliphatic heterocycles. The molecule has 2 N–H and O–H groups in total. The maximum Gasteiger partial charge on any atom is 0.289 e. The first-order valence-electron chi connectivity index (χ1n) is 10.5. The summed E-state index contributed by atoms with van der Waals surface area (Å²) in [6, 6.07) is 27.1. The molecule has 0 saturated heterocycles. The van der Waals surface area contributed by atoms with E-state index in [1.54, 1.807) is 12.3 Å². The number of aromatic nitrogens is 2. The molecule has 0 atom stereocenters. The van der Waals surface area contributed by atoms with E-state index in [4.69, 9.17) is 4.74 Å². The lowest BCUT2D eigenvalue weighted by atomic mass is 10.1. The van der Waals surface area contributed by atoms with E-state index in [0.717, 1.165) is 28.1 Å². The summed E-state index contributed by atoms with van der Waals surface area (Å²) in [5.74, 6) is 0.363. The first-order chi connectivity index (χ1) is 16.1. The second-order valence-electron chi connectivity index (χ2n) is 7.65. The maximum atomic E-state index is 12.4. The third-order valence-electron chi connectivity index (χ3n) is 4.99.